The number of allylic oxidation sites excluding steroid dienone is 2. The molecule has 0 fully saturated rings. The van der Waals surface area contributed by atoms with E-state index < -0.39 is 0 Å². The summed E-state index contributed by atoms with van der Waals surface area (Å²) in [7, 11) is 0. The number of rotatable bonds is 7. The van der Waals surface area contributed by atoms with Crippen LogP contribution < -0.4 is 0 Å². The lowest BCUT2D eigenvalue weighted by Crippen LogP contribution is -2.00. The van der Waals surface area contributed by atoms with Crippen LogP contribution in [0.25, 0.3) is 0 Å². The van der Waals surface area contributed by atoms with Gasteiger partial charge in [0, 0.05) is 12.5 Å². The van der Waals surface area contributed by atoms with Crippen molar-refractivity contribution in [3.8, 4) is 0 Å². The zero-order chi connectivity index (χ0) is 13.4. The normalized spacial score (nSPS) is 11.1. The summed E-state index contributed by atoms with van der Waals surface area (Å²) in [5.41, 5.74) is 2.19. The molecule has 0 bridgehead atoms. The number of ether oxygens (including phenoxy) is 1. The Balaban J connectivity index is 2.56. The van der Waals surface area contributed by atoms with Gasteiger partial charge in [0.25, 0.3) is 0 Å². The summed E-state index contributed by atoms with van der Waals surface area (Å²) in [6.45, 7) is 7.69. The van der Waals surface area contributed by atoms with Gasteiger partial charge < -0.3 is 4.74 Å². The van der Waals surface area contributed by atoms with E-state index in [2.05, 4.69) is 18.7 Å². The molecule has 0 aliphatic rings. The fourth-order valence-corrected chi connectivity index (χ4v) is 1.54. The van der Waals surface area contributed by atoms with Gasteiger partial charge in [0.1, 0.15) is 12.4 Å². The molecule has 0 saturated heterocycles. The predicted molar refractivity (Wildman–Crippen MR) is 74.3 cm³/mol. The zero-order valence-corrected chi connectivity index (χ0v) is 11.1. The Hall–Kier alpha value is -1.83. The summed E-state index contributed by atoms with van der Waals surface area (Å²) < 4.78 is 5.58. The van der Waals surface area contributed by atoms with E-state index in [1.165, 1.54) is 12.5 Å². The molecule has 0 radical (unpaired) electrons. The first-order valence-corrected chi connectivity index (χ1v) is 6.10. The van der Waals surface area contributed by atoms with E-state index in [1.54, 1.807) is 6.08 Å². The van der Waals surface area contributed by atoms with E-state index in [4.69, 9.17) is 4.74 Å². The van der Waals surface area contributed by atoms with Gasteiger partial charge in [-0.25, -0.2) is 0 Å². The number of aryl methyl sites for hydroxylation is 1. The number of hydrogen-bond acceptors (Lipinski definition) is 2. The molecule has 18 heavy (non-hydrogen) atoms. The van der Waals surface area contributed by atoms with Crippen LogP contribution in [0.5, 0.6) is 0 Å². The van der Waals surface area contributed by atoms with E-state index in [1.807, 2.05) is 25.1 Å². The highest BCUT2D eigenvalue weighted by molar-refractivity contribution is 5.87. The van der Waals surface area contributed by atoms with Gasteiger partial charge >= 0.3 is 0 Å². The fraction of sp³-hybridized carbons (Fsp3) is 0.312. The van der Waals surface area contributed by atoms with Crippen molar-refractivity contribution in [3.63, 3.8) is 0 Å². The largest absolute Gasteiger partial charge is 0.493 e. The number of benzene rings is 1. The minimum atomic E-state index is 0.0137. The van der Waals surface area contributed by atoms with Crippen LogP contribution in [0.3, 0.4) is 0 Å². The smallest absolute Gasteiger partial charge is 0.155 e. The van der Waals surface area contributed by atoms with Gasteiger partial charge in [0.15, 0.2) is 5.78 Å². The van der Waals surface area contributed by atoms with E-state index in [0.29, 0.717) is 6.61 Å². The molecule has 0 unspecified atom stereocenters. The SMILES string of the molecule is C=C(C)CO/C(=C/C(C)=O)CCc1ccccc1. The summed E-state index contributed by atoms with van der Waals surface area (Å²) in [6, 6.07) is 10.2. The van der Waals surface area contributed by atoms with Crippen molar-refractivity contribution >= 4 is 5.78 Å². The first-order chi connectivity index (χ1) is 8.58. The topological polar surface area (TPSA) is 26.3 Å². The lowest BCUT2D eigenvalue weighted by Gasteiger charge is -2.10. The van der Waals surface area contributed by atoms with Crippen molar-refractivity contribution < 1.29 is 9.53 Å². The van der Waals surface area contributed by atoms with Crippen molar-refractivity contribution in [1.82, 2.24) is 0 Å². The Morgan fingerprint density at radius 3 is 2.50 bits per heavy atom. The molecule has 96 valence electrons. The van der Waals surface area contributed by atoms with Crippen LogP contribution in [-0.4, -0.2) is 12.4 Å². The summed E-state index contributed by atoms with van der Waals surface area (Å²) in [6.07, 6.45) is 3.17. The molecule has 2 nitrogen and oxygen atoms in total. The van der Waals surface area contributed by atoms with E-state index in [9.17, 15) is 4.79 Å². The molecule has 1 aromatic carbocycles. The number of carbonyl (C=O) groups excluding carboxylic acids is 1. The van der Waals surface area contributed by atoms with E-state index in [0.717, 1.165) is 24.2 Å². The lowest BCUT2D eigenvalue weighted by molar-refractivity contribution is -0.112. The standard InChI is InChI=1S/C16H20O2/c1-13(2)12-18-16(11-14(3)17)10-9-15-7-5-4-6-8-15/h4-8,11H,1,9-10,12H2,2-3H3/b16-11+. The van der Waals surface area contributed by atoms with Crippen LogP contribution in [0.4, 0.5) is 0 Å². The molecule has 0 atom stereocenters. The van der Waals surface area contributed by atoms with Gasteiger partial charge in [-0.05, 0) is 31.4 Å². The fourth-order valence-electron chi connectivity index (χ4n) is 1.54. The second-order valence-corrected chi connectivity index (χ2v) is 4.45. The van der Waals surface area contributed by atoms with Crippen LogP contribution in [0.2, 0.25) is 0 Å². The Labute approximate surface area is 109 Å². The molecule has 1 rings (SSSR count). The maximum absolute atomic E-state index is 11.1. The molecule has 0 aliphatic carbocycles. The van der Waals surface area contributed by atoms with Crippen LogP contribution in [0, 0.1) is 0 Å². The molecule has 0 spiro atoms. The van der Waals surface area contributed by atoms with Crippen molar-refractivity contribution in [1.29, 1.82) is 0 Å². The molecule has 2 heteroatoms. The van der Waals surface area contributed by atoms with Gasteiger partial charge in [-0.2, -0.15) is 0 Å². The summed E-state index contributed by atoms with van der Waals surface area (Å²) >= 11 is 0. The van der Waals surface area contributed by atoms with Crippen LogP contribution in [0.1, 0.15) is 25.8 Å². The second-order valence-electron chi connectivity index (χ2n) is 4.45. The van der Waals surface area contributed by atoms with E-state index >= 15 is 0 Å². The minimum absolute atomic E-state index is 0.0137. The Morgan fingerprint density at radius 2 is 1.94 bits per heavy atom. The first-order valence-electron chi connectivity index (χ1n) is 6.10. The Morgan fingerprint density at radius 1 is 1.28 bits per heavy atom. The molecule has 0 saturated carbocycles. The molecular weight excluding hydrogens is 224 g/mol. The van der Waals surface area contributed by atoms with Crippen LogP contribution in [0.15, 0.2) is 54.3 Å². The summed E-state index contributed by atoms with van der Waals surface area (Å²) in [5.74, 6) is 0.745. The van der Waals surface area contributed by atoms with Gasteiger partial charge in [-0.15, -0.1) is 0 Å². The average molecular weight is 244 g/mol. The average Bonchev–Trinajstić information content (AvgIpc) is 2.33. The molecule has 1 aromatic rings. The quantitative estimate of drug-likeness (QED) is 0.415. The number of carbonyl (C=O) groups is 1. The van der Waals surface area contributed by atoms with Gasteiger partial charge in [0.05, 0.1) is 0 Å². The van der Waals surface area contributed by atoms with Crippen molar-refractivity contribution in [3.05, 3.63) is 59.9 Å². The second kappa shape index (κ2) is 7.49. The lowest BCUT2D eigenvalue weighted by atomic mass is 10.1. The number of ketones is 1. The van der Waals surface area contributed by atoms with Crippen molar-refractivity contribution in [2.24, 2.45) is 0 Å². The molecule has 0 aromatic heterocycles. The third-order valence-corrected chi connectivity index (χ3v) is 2.37. The third-order valence-electron chi connectivity index (χ3n) is 2.37. The Bertz CT molecular complexity index is 430. The molecule has 0 heterocycles. The highest BCUT2D eigenvalue weighted by Crippen LogP contribution is 2.11. The summed E-state index contributed by atoms with van der Waals surface area (Å²) in [4.78, 5) is 11.1. The maximum atomic E-state index is 11.1. The van der Waals surface area contributed by atoms with Gasteiger partial charge in [-0.3, -0.25) is 4.79 Å². The highest BCUT2D eigenvalue weighted by Gasteiger charge is 2.02. The first kappa shape index (κ1) is 14.2. The molecule has 0 aliphatic heterocycles. The third kappa shape index (κ3) is 6.04. The summed E-state index contributed by atoms with van der Waals surface area (Å²) in [5, 5.41) is 0. The van der Waals surface area contributed by atoms with Gasteiger partial charge in [-0.1, -0.05) is 36.9 Å². The van der Waals surface area contributed by atoms with Crippen molar-refractivity contribution in [2.45, 2.75) is 26.7 Å². The van der Waals surface area contributed by atoms with Gasteiger partial charge in [0.2, 0.25) is 0 Å². The predicted octanol–water partition coefficient (Wildman–Crippen LogP) is 3.68. The molecular formula is C16H20O2. The molecule has 0 amide bonds. The monoisotopic (exact) mass is 244 g/mol. The highest BCUT2D eigenvalue weighted by atomic mass is 16.5. The zero-order valence-electron chi connectivity index (χ0n) is 11.1. The number of hydrogen-bond donors (Lipinski definition) is 0. The van der Waals surface area contributed by atoms with Crippen LogP contribution >= 0.6 is 0 Å². The van der Waals surface area contributed by atoms with E-state index in [-0.39, 0.29) is 5.78 Å². The maximum Gasteiger partial charge on any atom is 0.155 e. The Kier molecular flexibility index (Phi) is 5.92. The van der Waals surface area contributed by atoms with Crippen LogP contribution in [-0.2, 0) is 16.0 Å². The van der Waals surface area contributed by atoms with Crippen molar-refractivity contribution in [2.75, 3.05) is 6.61 Å². The minimum Gasteiger partial charge on any atom is -0.493 e. The molecule has 0 N–H and O–H groups in total.